The van der Waals surface area contributed by atoms with Crippen LogP contribution in [-0.4, -0.2) is 75.7 Å². The SMILES string of the molecule is CCn1nc(C)c(CN(Cc2ccc(C)o2)C2CC(C)(C)NC(C)(C)C2)c1C.O=C(O)CC(O)(CC(=O)O)C(=O)O. The van der Waals surface area contributed by atoms with Gasteiger partial charge in [0, 0.05) is 41.5 Å². The molecule has 2 aromatic rings. The molecule has 2 aromatic heterocycles. The van der Waals surface area contributed by atoms with Gasteiger partial charge in [-0.1, -0.05) is 0 Å². The molecule has 0 radical (unpaired) electrons. The van der Waals surface area contributed by atoms with Gasteiger partial charge in [-0.15, -0.1) is 0 Å². The molecule has 230 valence electrons. The van der Waals surface area contributed by atoms with E-state index in [1.807, 2.05) is 6.92 Å². The van der Waals surface area contributed by atoms with Crippen LogP contribution in [0.1, 0.15) is 88.8 Å². The number of hydrogen-bond donors (Lipinski definition) is 5. The maximum Gasteiger partial charge on any atom is 0.336 e. The molecule has 0 saturated carbocycles. The minimum absolute atomic E-state index is 0.113. The number of aromatic nitrogens is 2. The molecule has 3 rings (SSSR count). The number of hydrogen-bond acceptors (Lipinski definition) is 8. The normalized spacial score (nSPS) is 16.7. The van der Waals surface area contributed by atoms with E-state index in [0.717, 1.165) is 49.7 Å². The van der Waals surface area contributed by atoms with Gasteiger partial charge in [-0.25, -0.2) is 4.79 Å². The number of carboxylic acids is 3. The summed E-state index contributed by atoms with van der Waals surface area (Å²) in [6.07, 6.45) is -0.0461. The summed E-state index contributed by atoms with van der Waals surface area (Å²) in [7, 11) is 0. The fourth-order valence-corrected chi connectivity index (χ4v) is 5.80. The minimum atomic E-state index is -2.74. The number of piperidine rings is 1. The predicted octanol–water partition coefficient (Wildman–Crippen LogP) is 3.48. The van der Waals surface area contributed by atoms with Crippen molar-refractivity contribution in [2.45, 2.75) is 123 Å². The van der Waals surface area contributed by atoms with E-state index < -0.39 is 36.4 Å². The molecule has 12 heteroatoms. The number of nitrogens with one attached hydrogen (secondary N) is 1. The molecule has 41 heavy (non-hydrogen) atoms. The molecule has 0 aliphatic carbocycles. The summed E-state index contributed by atoms with van der Waals surface area (Å²) in [5.41, 5.74) is 1.28. The molecule has 12 nitrogen and oxygen atoms in total. The van der Waals surface area contributed by atoms with Crippen LogP contribution in [0.4, 0.5) is 0 Å². The van der Waals surface area contributed by atoms with Crippen molar-refractivity contribution < 1.29 is 39.2 Å². The zero-order valence-corrected chi connectivity index (χ0v) is 25.4. The van der Waals surface area contributed by atoms with Gasteiger partial charge >= 0.3 is 17.9 Å². The molecule has 0 aromatic carbocycles. The van der Waals surface area contributed by atoms with Gasteiger partial charge in [0.25, 0.3) is 0 Å². The average molecular weight is 579 g/mol. The van der Waals surface area contributed by atoms with Crippen molar-refractivity contribution in [2.75, 3.05) is 0 Å². The van der Waals surface area contributed by atoms with Gasteiger partial charge in [-0.2, -0.15) is 5.10 Å². The van der Waals surface area contributed by atoms with Gasteiger partial charge in [0.2, 0.25) is 0 Å². The van der Waals surface area contributed by atoms with Crippen molar-refractivity contribution in [3.05, 3.63) is 40.6 Å². The first-order valence-corrected chi connectivity index (χ1v) is 13.8. The highest BCUT2D eigenvalue weighted by atomic mass is 16.4. The van der Waals surface area contributed by atoms with Crippen molar-refractivity contribution in [2.24, 2.45) is 0 Å². The summed E-state index contributed by atoms with van der Waals surface area (Å²) >= 11 is 0. The number of aliphatic carboxylic acids is 3. The van der Waals surface area contributed by atoms with Crippen LogP contribution >= 0.6 is 0 Å². The van der Waals surface area contributed by atoms with Crippen molar-refractivity contribution in [3.63, 3.8) is 0 Å². The summed E-state index contributed by atoms with van der Waals surface area (Å²) in [6, 6.07) is 4.67. The highest BCUT2D eigenvalue weighted by Gasteiger charge is 2.41. The molecule has 1 aliphatic rings. The van der Waals surface area contributed by atoms with Crippen LogP contribution < -0.4 is 5.32 Å². The van der Waals surface area contributed by atoms with Crippen LogP contribution in [0.25, 0.3) is 0 Å². The maximum atomic E-state index is 10.3. The fraction of sp³-hybridized carbons (Fsp3) is 0.655. The molecule has 0 amide bonds. The summed E-state index contributed by atoms with van der Waals surface area (Å²) < 4.78 is 8.08. The lowest BCUT2D eigenvalue weighted by Gasteiger charge is -2.49. The van der Waals surface area contributed by atoms with E-state index in [-0.39, 0.29) is 11.1 Å². The second kappa shape index (κ2) is 13.2. The summed E-state index contributed by atoms with van der Waals surface area (Å²) in [5.74, 6) is -2.99. The van der Waals surface area contributed by atoms with Gasteiger partial charge < -0.3 is 30.2 Å². The summed E-state index contributed by atoms with van der Waals surface area (Å²) in [5, 5.41) is 42.4. The Bertz CT molecular complexity index is 1200. The minimum Gasteiger partial charge on any atom is -0.481 e. The molecule has 0 spiro atoms. The Morgan fingerprint density at radius 3 is 1.95 bits per heavy atom. The van der Waals surface area contributed by atoms with Crippen molar-refractivity contribution in [1.29, 1.82) is 0 Å². The fourth-order valence-electron chi connectivity index (χ4n) is 5.80. The van der Waals surface area contributed by atoms with E-state index >= 15 is 0 Å². The number of aliphatic hydroxyl groups is 1. The summed E-state index contributed by atoms with van der Waals surface area (Å²) in [4.78, 5) is 33.1. The number of carboxylic acid groups (broad SMARTS) is 3. The van der Waals surface area contributed by atoms with Crippen LogP contribution in [0.5, 0.6) is 0 Å². The quantitative estimate of drug-likeness (QED) is 0.264. The molecule has 5 N–H and O–H groups in total. The van der Waals surface area contributed by atoms with Crippen LogP contribution in [0.2, 0.25) is 0 Å². The smallest absolute Gasteiger partial charge is 0.336 e. The first-order chi connectivity index (χ1) is 18.8. The molecule has 3 heterocycles. The molecule has 0 bridgehead atoms. The molecular formula is C29H46N4O8. The Morgan fingerprint density at radius 2 is 1.56 bits per heavy atom. The molecule has 0 unspecified atom stereocenters. The van der Waals surface area contributed by atoms with E-state index in [9.17, 15) is 14.4 Å². The zero-order chi connectivity index (χ0) is 31.3. The zero-order valence-electron chi connectivity index (χ0n) is 25.4. The predicted molar refractivity (Wildman–Crippen MR) is 151 cm³/mol. The van der Waals surface area contributed by atoms with Crippen LogP contribution in [0.3, 0.4) is 0 Å². The van der Waals surface area contributed by atoms with Crippen molar-refractivity contribution in [3.8, 4) is 0 Å². The van der Waals surface area contributed by atoms with E-state index in [0.29, 0.717) is 6.04 Å². The molecule has 1 aliphatic heterocycles. The summed E-state index contributed by atoms with van der Waals surface area (Å²) in [6.45, 7) is 20.5. The van der Waals surface area contributed by atoms with Crippen LogP contribution in [0, 0.1) is 20.8 Å². The maximum absolute atomic E-state index is 10.3. The van der Waals surface area contributed by atoms with Crippen molar-refractivity contribution in [1.82, 2.24) is 20.0 Å². The van der Waals surface area contributed by atoms with Gasteiger partial charge in [0.05, 0.1) is 25.1 Å². The third-order valence-corrected chi connectivity index (χ3v) is 7.32. The van der Waals surface area contributed by atoms with Gasteiger partial charge in [-0.05, 0) is 80.4 Å². The first-order valence-electron chi connectivity index (χ1n) is 13.8. The number of furan rings is 1. The third-order valence-electron chi connectivity index (χ3n) is 7.32. The lowest BCUT2D eigenvalue weighted by Crippen LogP contribution is -2.62. The Morgan fingerprint density at radius 1 is 1.02 bits per heavy atom. The lowest BCUT2D eigenvalue weighted by molar-refractivity contribution is -0.170. The van der Waals surface area contributed by atoms with E-state index in [1.165, 1.54) is 11.3 Å². The van der Waals surface area contributed by atoms with Crippen LogP contribution in [0.15, 0.2) is 16.5 Å². The Labute approximate surface area is 241 Å². The Kier molecular flexibility index (Phi) is 10.9. The third kappa shape index (κ3) is 9.68. The van der Waals surface area contributed by atoms with E-state index in [1.54, 1.807) is 0 Å². The van der Waals surface area contributed by atoms with Crippen LogP contribution in [-0.2, 0) is 34.0 Å². The largest absolute Gasteiger partial charge is 0.481 e. The number of rotatable bonds is 11. The lowest BCUT2D eigenvalue weighted by atomic mass is 9.79. The van der Waals surface area contributed by atoms with E-state index in [4.69, 9.17) is 29.9 Å². The Balaban J connectivity index is 0.000000383. The molecule has 1 saturated heterocycles. The molecular weight excluding hydrogens is 532 g/mol. The molecule has 1 fully saturated rings. The average Bonchev–Trinajstić information content (AvgIpc) is 3.32. The second-order valence-corrected chi connectivity index (χ2v) is 12.3. The van der Waals surface area contributed by atoms with Gasteiger partial charge in [-0.3, -0.25) is 19.2 Å². The standard InChI is InChI=1S/C23H38N4O.C6H8O7/c1-9-27-18(4)21(17(3)24-27)15-26(14-20-11-10-16(2)28-20)19-12-22(5,6)25-23(7,8)13-19;7-3(8)1-6(13,5(11)12)2-4(9)10/h10-11,19,25H,9,12-15H2,1-8H3;13H,1-2H2,(H,7,8)(H,9,10)(H,11,12). The van der Waals surface area contributed by atoms with Crippen molar-refractivity contribution >= 4 is 17.9 Å². The molecule has 0 atom stereocenters. The number of aryl methyl sites for hydroxylation is 3. The monoisotopic (exact) mass is 578 g/mol. The van der Waals surface area contributed by atoms with Gasteiger partial charge in [0.1, 0.15) is 11.5 Å². The highest BCUT2D eigenvalue weighted by Crippen LogP contribution is 2.34. The Hall–Kier alpha value is -3.22. The van der Waals surface area contributed by atoms with Gasteiger partial charge in [0.15, 0.2) is 5.60 Å². The topological polar surface area (TPSA) is 178 Å². The second-order valence-electron chi connectivity index (χ2n) is 12.3. The first kappa shape index (κ1) is 34.0. The highest BCUT2D eigenvalue weighted by molar-refractivity contribution is 5.88. The number of carbonyl (C=O) groups is 3. The van der Waals surface area contributed by atoms with E-state index in [2.05, 4.69) is 75.5 Å². The number of nitrogens with zero attached hydrogens (tertiary/aromatic N) is 3.